The molecule has 0 radical (unpaired) electrons. The molecule has 1 N–H and O–H groups in total. The first-order valence-corrected chi connectivity index (χ1v) is 7.96. The zero-order valence-electron chi connectivity index (χ0n) is 13.3. The molecule has 0 aromatic rings. The van der Waals surface area contributed by atoms with Gasteiger partial charge in [0.2, 0.25) is 5.91 Å². The summed E-state index contributed by atoms with van der Waals surface area (Å²) in [7, 11) is 4.05. The number of carbonyl (C=O) groups is 1. The molecule has 0 saturated carbocycles. The summed E-state index contributed by atoms with van der Waals surface area (Å²) in [5.41, 5.74) is 1.28. The summed E-state index contributed by atoms with van der Waals surface area (Å²) in [4.78, 5) is 14.2. The quantitative estimate of drug-likeness (QED) is 0.720. The monoisotopic (exact) mass is 296 g/mol. The third-order valence-corrected chi connectivity index (χ3v) is 4.04. The van der Waals surface area contributed by atoms with Crippen molar-refractivity contribution in [1.29, 1.82) is 0 Å². The number of hydrogen-bond acceptors (Lipinski definition) is 4. The van der Waals surface area contributed by atoms with Crippen LogP contribution in [-0.2, 0) is 14.3 Å². The van der Waals surface area contributed by atoms with E-state index in [1.807, 2.05) is 14.1 Å². The van der Waals surface area contributed by atoms with Gasteiger partial charge in [0.25, 0.3) is 0 Å². The fraction of sp³-hybridized carbons (Fsp3) is 0.812. The molecule has 1 saturated heterocycles. The van der Waals surface area contributed by atoms with Crippen LogP contribution in [-0.4, -0.2) is 63.4 Å². The number of ether oxygens (including phenoxy) is 2. The van der Waals surface area contributed by atoms with Crippen LogP contribution in [0.4, 0.5) is 0 Å². The van der Waals surface area contributed by atoms with Gasteiger partial charge in [-0.1, -0.05) is 11.6 Å². The fourth-order valence-corrected chi connectivity index (χ4v) is 2.79. The number of nitrogens with zero attached hydrogens (tertiary/aromatic N) is 1. The third-order valence-electron chi connectivity index (χ3n) is 4.04. The summed E-state index contributed by atoms with van der Waals surface area (Å²) >= 11 is 0. The fourth-order valence-electron chi connectivity index (χ4n) is 2.79. The van der Waals surface area contributed by atoms with Gasteiger partial charge in [0.15, 0.2) is 0 Å². The first kappa shape index (κ1) is 16.5. The Hall–Kier alpha value is -0.910. The lowest BCUT2D eigenvalue weighted by atomic mass is 10.0. The summed E-state index contributed by atoms with van der Waals surface area (Å²) in [6.45, 7) is 2.81. The first-order chi connectivity index (χ1) is 10.1. The summed E-state index contributed by atoms with van der Waals surface area (Å²) in [5.74, 6) is 0.122. The lowest BCUT2D eigenvalue weighted by molar-refractivity contribution is -0.125. The maximum Gasteiger partial charge on any atom is 0.224 e. The summed E-state index contributed by atoms with van der Waals surface area (Å²) in [6, 6.07) is 0.0791. The van der Waals surface area contributed by atoms with Crippen LogP contribution in [0.3, 0.4) is 0 Å². The van der Waals surface area contributed by atoms with Gasteiger partial charge >= 0.3 is 0 Å². The van der Waals surface area contributed by atoms with Crippen molar-refractivity contribution in [1.82, 2.24) is 10.2 Å². The van der Waals surface area contributed by atoms with E-state index in [0.717, 1.165) is 25.8 Å². The van der Waals surface area contributed by atoms with E-state index in [9.17, 15) is 4.79 Å². The Morgan fingerprint density at radius 3 is 3.10 bits per heavy atom. The molecule has 120 valence electrons. The molecule has 1 aliphatic carbocycles. The number of hydrogen-bond donors (Lipinski definition) is 1. The van der Waals surface area contributed by atoms with E-state index in [4.69, 9.17) is 9.47 Å². The van der Waals surface area contributed by atoms with Crippen molar-refractivity contribution < 1.29 is 14.3 Å². The number of nitrogens with one attached hydrogen (secondary N) is 1. The third kappa shape index (κ3) is 5.77. The Kier molecular flexibility index (Phi) is 6.67. The SMILES string of the molecule is CN(C)CCO[C@@H]1COCC[C@H]1NC(=O)CC1=CCCC1. The Labute approximate surface area is 127 Å². The number of rotatable bonds is 7. The molecular weight excluding hydrogens is 268 g/mol. The Bertz CT molecular complexity index is 369. The molecule has 5 nitrogen and oxygen atoms in total. The Balaban J connectivity index is 1.76. The molecule has 1 heterocycles. The molecule has 0 unspecified atom stereocenters. The van der Waals surface area contributed by atoms with Gasteiger partial charge in [-0.15, -0.1) is 0 Å². The molecule has 21 heavy (non-hydrogen) atoms. The van der Waals surface area contributed by atoms with Crippen molar-refractivity contribution in [2.24, 2.45) is 0 Å². The summed E-state index contributed by atoms with van der Waals surface area (Å²) < 4.78 is 11.4. The number of likely N-dealkylation sites (N-methyl/N-ethyl adjacent to an activating group) is 1. The molecule has 1 fully saturated rings. The van der Waals surface area contributed by atoms with E-state index in [-0.39, 0.29) is 18.1 Å². The highest BCUT2D eigenvalue weighted by atomic mass is 16.5. The lowest BCUT2D eigenvalue weighted by Gasteiger charge is -2.32. The second-order valence-corrected chi connectivity index (χ2v) is 6.18. The van der Waals surface area contributed by atoms with Crippen LogP contribution >= 0.6 is 0 Å². The Morgan fingerprint density at radius 2 is 2.38 bits per heavy atom. The zero-order chi connectivity index (χ0) is 15.1. The predicted molar refractivity (Wildman–Crippen MR) is 82.2 cm³/mol. The number of amides is 1. The first-order valence-electron chi connectivity index (χ1n) is 7.96. The van der Waals surface area contributed by atoms with Crippen LogP contribution < -0.4 is 5.32 Å². The smallest absolute Gasteiger partial charge is 0.224 e. The molecule has 2 rings (SSSR count). The highest BCUT2D eigenvalue weighted by molar-refractivity contribution is 5.79. The Morgan fingerprint density at radius 1 is 1.52 bits per heavy atom. The van der Waals surface area contributed by atoms with Gasteiger partial charge in [0.05, 0.1) is 19.3 Å². The zero-order valence-corrected chi connectivity index (χ0v) is 13.3. The molecule has 2 aliphatic rings. The normalized spacial score (nSPS) is 26.0. The molecule has 1 amide bonds. The minimum Gasteiger partial charge on any atom is -0.379 e. The van der Waals surface area contributed by atoms with Crippen LogP contribution in [0.1, 0.15) is 32.1 Å². The van der Waals surface area contributed by atoms with E-state index < -0.39 is 0 Å². The maximum absolute atomic E-state index is 12.1. The van der Waals surface area contributed by atoms with Crippen LogP contribution in [0.15, 0.2) is 11.6 Å². The van der Waals surface area contributed by atoms with Gasteiger partial charge in [-0.2, -0.15) is 0 Å². The highest BCUT2D eigenvalue weighted by Gasteiger charge is 2.28. The van der Waals surface area contributed by atoms with Gasteiger partial charge in [-0.3, -0.25) is 4.79 Å². The molecular formula is C16H28N2O3. The van der Waals surface area contributed by atoms with Gasteiger partial charge < -0.3 is 19.7 Å². The second-order valence-electron chi connectivity index (χ2n) is 6.18. The molecule has 0 aromatic heterocycles. The predicted octanol–water partition coefficient (Wildman–Crippen LogP) is 1.34. The summed E-state index contributed by atoms with van der Waals surface area (Å²) in [5, 5.41) is 3.14. The molecule has 0 spiro atoms. The van der Waals surface area contributed by atoms with Gasteiger partial charge in [-0.25, -0.2) is 0 Å². The maximum atomic E-state index is 12.1. The number of allylic oxidation sites excluding steroid dienone is 1. The van der Waals surface area contributed by atoms with E-state index in [1.165, 1.54) is 12.0 Å². The van der Waals surface area contributed by atoms with Crippen molar-refractivity contribution in [2.75, 3.05) is 40.5 Å². The van der Waals surface area contributed by atoms with E-state index >= 15 is 0 Å². The van der Waals surface area contributed by atoms with Gasteiger partial charge in [-0.05, 0) is 39.8 Å². The average molecular weight is 296 g/mol. The summed E-state index contributed by atoms with van der Waals surface area (Å²) in [6.07, 6.45) is 6.93. The molecule has 0 bridgehead atoms. The van der Waals surface area contributed by atoms with Gasteiger partial charge in [0, 0.05) is 19.6 Å². The number of carbonyl (C=O) groups excluding carboxylic acids is 1. The van der Waals surface area contributed by atoms with Crippen molar-refractivity contribution in [3.05, 3.63) is 11.6 Å². The van der Waals surface area contributed by atoms with Crippen LogP contribution in [0.25, 0.3) is 0 Å². The molecule has 2 atom stereocenters. The van der Waals surface area contributed by atoms with E-state index in [0.29, 0.717) is 26.2 Å². The highest BCUT2D eigenvalue weighted by Crippen LogP contribution is 2.20. The minimum absolute atomic E-state index is 0.0276. The van der Waals surface area contributed by atoms with Crippen LogP contribution in [0, 0.1) is 0 Å². The largest absolute Gasteiger partial charge is 0.379 e. The van der Waals surface area contributed by atoms with Crippen molar-refractivity contribution in [3.8, 4) is 0 Å². The molecule has 5 heteroatoms. The van der Waals surface area contributed by atoms with E-state index in [1.54, 1.807) is 0 Å². The lowest BCUT2D eigenvalue weighted by Crippen LogP contribution is -2.50. The van der Waals surface area contributed by atoms with Gasteiger partial charge in [0.1, 0.15) is 6.10 Å². The van der Waals surface area contributed by atoms with Crippen molar-refractivity contribution in [3.63, 3.8) is 0 Å². The van der Waals surface area contributed by atoms with Crippen LogP contribution in [0.2, 0.25) is 0 Å². The van der Waals surface area contributed by atoms with Crippen LogP contribution in [0.5, 0.6) is 0 Å². The van der Waals surface area contributed by atoms with Crippen molar-refractivity contribution in [2.45, 2.75) is 44.2 Å². The topological polar surface area (TPSA) is 50.8 Å². The molecule has 1 aliphatic heterocycles. The molecule has 0 aromatic carbocycles. The standard InChI is InChI=1S/C16H28N2O3/c1-18(2)8-10-21-15-12-20-9-7-14(15)17-16(19)11-13-5-3-4-6-13/h5,14-15H,3-4,6-12H2,1-2H3,(H,17,19)/t14-,15-/m1/s1. The second kappa shape index (κ2) is 8.51. The van der Waals surface area contributed by atoms with E-state index in [2.05, 4.69) is 16.3 Å². The van der Waals surface area contributed by atoms with Crippen molar-refractivity contribution >= 4 is 5.91 Å². The minimum atomic E-state index is -0.0276. The average Bonchev–Trinajstić information content (AvgIpc) is 2.93.